The summed E-state index contributed by atoms with van der Waals surface area (Å²) in [6.45, 7) is 7.60. The molecule has 0 radical (unpaired) electrons. The molecule has 0 unspecified atom stereocenters. The van der Waals surface area contributed by atoms with Gasteiger partial charge >= 0.3 is 0 Å². The van der Waals surface area contributed by atoms with Crippen LogP contribution in [0.3, 0.4) is 0 Å². The molecule has 8 heteroatoms. The fourth-order valence-corrected chi connectivity index (χ4v) is 3.51. The Labute approximate surface area is 168 Å². The molecule has 146 valence electrons. The van der Waals surface area contributed by atoms with Crippen LogP contribution >= 0.6 is 11.6 Å². The number of carbonyl (C=O) groups is 1. The molecule has 1 atom stereocenters. The summed E-state index contributed by atoms with van der Waals surface area (Å²) in [6.07, 6.45) is 1.18. The van der Waals surface area contributed by atoms with E-state index in [0.717, 1.165) is 43.4 Å². The molecule has 1 fully saturated rings. The van der Waals surface area contributed by atoms with Gasteiger partial charge in [0.1, 0.15) is 6.07 Å². The van der Waals surface area contributed by atoms with Gasteiger partial charge in [0.15, 0.2) is 11.5 Å². The van der Waals surface area contributed by atoms with Crippen LogP contribution < -0.4 is 10.6 Å². The highest BCUT2D eigenvalue weighted by molar-refractivity contribution is 6.31. The molecule has 1 aromatic carbocycles. The van der Waals surface area contributed by atoms with Crippen LogP contribution in [0, 0.1) is 24.1 Å². The molecule has 1 amide bonds. The number of nitrogens with zero attached hydrogens (tertiary/aromatic N) is 3. The van der Waals surface area contributed by atoms with Crippen molar-refractivity contribution in [3.63, 3.8) is 0 Å². The van der Waals surface area contributed by atoms with Gasteiger partial charge in [-0.25, -0.2) is 9.37 Å². The molecule has 0 aliphatic carbocycles. The average molecular weight is 402 g/mol. The van der Waals surface area contributed by atoms with Crippen LogP contribution in [0.15, 0.2) is 24.4 Å². The zero-order valence-electron chi connectivity index (χ0n) is 15.7. The molecule has 1 aliphatic rings. The van der Waals surface area contributed by atoms with Gasteiger partial charge in [-0.05, 0) is 43.2 Å². The molecule has 1 saturated heterocycles. The van der Waals surface area contributed by atoms with Crippen LogP contribution in [0.4, 0.5) is 10.1 Å². The number of halogens is 2. The number of rotatable bonds is 4. The van der Waals surface area contributed by atoms with Gasteiger partial charge in [-0.2, -0.15) is 5.26 Å². The summed E-state index contributed by atoms with van der Waals surface area (Å²) < 4.78 is 13.8. The number of hydrogen-bond acceptors (Lipinski definition) is 5. The summed E-state index contributed by atoms with van der Waals surface area (Å²) >= 11 is 6.27. The molecule has 2 N–H and O–H groups in total. The zero-order valence-corrected chi connectivity index (χ0v) is 16.5. The van der Waals surface area contributed by atoms with Crippen molar-refractivity contribution in [1.29, 1.82) is 5.26 Å². The highest BCUT2D eigenvalue weighted by atomic mass is 35.5. The number of amides is 1. The second kappa shape index (κ2) is 8.65. The Balaban J connectivity index is 1.80. The predicted molar refractivity (Wildman–Crippen MR) is 106 cm³/mol. The largest absolute Gasteiger partial charge is 0.322 e. The Morgan fingerprint density at radius 2 is 2.29 bits per heavy atom. The topological polar surface area (TPSA) is 81.0 Å². The Hall–Kier alpha value is -2.53. The molecule has 1 aliphatic heterocycles. The van der Waals surface area contributed by atoms with Crippen LogP contribution in [0.25, 0.3) is 0 Å². The van der Waals surface area contributed by atoms with E-state index in [4.69, 9.17) is 16.9 Å². The first-order chi connectivity index (χ1) is 13.4. The SMILES string of the molecule is Cc1c(CN2CCN[C@@H](C)C2)cc(Cl)cc1NC(=O)c1cnc(C#N)c(F)c1. The minimum atomic E-state index is -0.827. The Morgan fingerprint density at radius 1 is 1.50 bits per heavy atom. The maximum absolute atomic E-state index is 13.8. The number of benzene rings is 1. The van der Waals surface area contributed by atoms with E-state index in [0.29, 0.717) is 16.8 Å². The predicted octanol–water partition coefficient (Wildman–Crippen LogP) is 3.10. The fraction of sp³-hybridized carbons (Fsp3) is 0.350. The normalized spacial score (nSPS) is 17.2. The molecule has 1 aromatic heterocycles. The maximum Gasteiger partial charge on any atom is 0.257 e. The van der Waals surface area contributed by atoms with Crippen molar-refractivity contribution in [1.82, 2.24) is 15.2 Å². The molecule has 2 aromatic rings. The first kappa shape index (κ1) is 20.2. The van der Waals surface area contributed by atoms with Gasteiger partial charge in [0.05, 0.1) is 5.56 Å². The van der Waals surface area contributed by atoms with Crippen molar-refractivity contribution in [2.45, 2.75) is 26.4 Å². The van der Waals surface area contributed by atoms with E-state index in [1.165, 1.54) is 6.20 Å². The van der Waals surface area contributed by atoms with Crippen LogP contribution in [-0.4, -0.2) is 41.5 Å². The first-order valence-corrected chi connectivity index (χ1v) is 9.37. The summed E-state index contributed by atoms with van der Waals surface area (Å²) in [7, 11) is 0. The molecule has 3 rings (SSSR count). The van der Waals surface area contributed by atoms with Gasteiger partial charge in [0, 0.05) is 49.1 Å². The number of anilines is 1. The summed E-state index contributed by atoms with van der Waals surface area (Å²) in [4.78, 5) is 18.5. The number of pyridine rings is 1. The van der Waals surface area contributed by atoms with E-state index in [-0.39, 0.29) is 11.3 Å². The second-order valence-electron chi connectivity index (χ2n) is 6.95. The van der Waals surface area contributed by atoms with E-state index in [9.17, 15) is 9.18 Å². The average Bonchev–Trinajstić information content (AvgIpc) is 2.65. The van der Waals surface area contributed by atoms with E-state index in [1.807, 2.05) is 13.0 Å². The minimum absolute atomic E-state index is 0.0355. The Kier molecular flexibility index (Phi) is 6.25. The summed E-state index contributed by atoms with van der Waals surface area (Å²) in [5.41, 5.74) is 2.20. The molecule has 0 bridgehead atoms. The van der Waals surface area contributed by atoms with Gasteiger partial charge in [-0.15, -0.1) is 0 Å². The lowest BCUT2D eigenvalue weighted by Gasteiger charge is -2.32. The van der Waals surface area contributed by atoms with E-state index in [2.05, 4.69) is 27.4 Å². The van der Waals surface area contributed by atoms with Crippen LogP contribution in [0.5, 0.6) is 0 Å². The van der Waals surface area contributed by atoms with Crippen molar-refractivity contribution in [2.24, 2.45) is 0 Å². The number of aromatic nitrogens is 1. The molecule has 0 spiro atoms. The molecular formula is C20H21ClFN5O. The van der Waals surface area contributed by atoms with Crippen molar-refractivity contribution >= 4 is 23.2 Å². The highest BCUT2D eigenvalue weighted by Crippen LogP contribution is 2.27. The molecule has 0 saturated carbocycles. The second-order valence-corrected chi connectivity index (χ2v) is 7.38. The Morgan fingerprint density at radius 3 is 2.96 bits per heavy atom. The quantitative estimate of drug-likeness (QED) is 0.822. The number of piperazine rings is 1. The van der Waals surface area contributed by atoms with E-state index in [1.54, 1.807) is 12.1 Å². The lowest BCUT2D eigenvalue weighted by molar-refractivity contribution is 0.102. The smallest absolute Gasteiger partial charge is 0.257 e. The van der Waals surface area contributed by atoms with Crippen LogP contribution in [0.1, 0.15) is 34.1 Å². The third kappa shape index (κ3) is 4.65. The number of hydrogen-bond donors (Lipinski definition) is 2. The molecular weight excluding hydrogens is 381 g/mol. The maximum atomic E-state index is 13.8. The third-order valence-corrected chi connectivity index (χ3v) is 5.00. The lowest BCUT2D eigenvalue weighted by atomic mass is 10.0. The van der Waals surface area contributed by atoms with Crippen molar-refractivity contribution in [3.05, 3.63) is 57.6 Å². The van der Waals surface area contributed by atoms with E-state index >= 15 is 0 Å². The van der Waals surface area contributed by atoms with Gasteiger partial charge in [0.2, 0.25) is 0 Å². The Bertz CT molecular complexity index is 943. The number of carbonyl (C=O) groups excluding carboxylic acids is 1. The van der Waals surface area contributed by atoms with Crippen molar-refractivity contribution in [2.75, 3.05) is 25.0 Å². The summed E-state index contributed by atoms with van der Waals surface area (Å²) in [5.74, 6) is -1.34. The summed E-state index contributed by atoms with van der Waals surface area (Å²) in [6, 6.07) is 6.64. The summed E-state index contributed by atoms with van der Waals surface area (Å²) in [5, 5.41) is 15.5. The third-order valence-electron chi connectivity index (χ3n) is 4.78. The highest BCUT2D eigenvalue weighted by Gasteiger charge is 2.18. The minimum Gasteiger partial charge on any atom is -0.322 e. The standard InChI is InChI=1S/C20H21ClFN5O/c1-12-10-27(4-3-24-12)11-15-5-16(21)7-18(13(15)2)26-20(28)14-6-17(22)19(8-23)25-9-14/h5-7,9,12,24H,3-4,10-11H2,1-2H3,(H,26,28)/t12-/m0/s1. The first-order valence-electron chi connectivity index (χ1n) is 8.99. The molecule has 28 heavy (non-hydrogen) atoms. The zero-order chi connectivity index (χ0) is 20.3. The monoisotopic (exact) mass is 401 g/mol. The molecule has 6 nitrogen and oxygen atoms in total. The van der Waals surface area contributed by atoms with Crippen molar-refractivity contribution < 1.29 is 9.18 Å². The lowest BCUT2D eigenvalue weighted by Crippen LogP contribution is -2.48. The number of nitriles is 1. The molecule has 2 heterocycles. The van der Waals surface area contributed by atoms with E-state index < -0.39 is 11.7 Å². The fourth-order valence-electron chi connectivity index (χ4n) is 3.27. The van der Waals surface area contributed by atoms with Crippen molar-refractivity contribution in [3.8, 4) is 6.07 Å². The van der Waals surface area contributed by atoms with Gasteiger partial charge < -0.3 is 10.6 Å². The van der Waals surface area contributed by atoms with Crippen LogP contribution in [-0.2, 0) is 6.54 Å². The van der Waals surface area contributed by atoms with Gasteiger partial charge in [0.25, 0.3) is 5.91 Å². The van der Waals surface area contributed by atoms with Gasteiger partial charge in [-0.3, -0.25) is 9.69 Å². The number of nitrogens with one attached hydrogen (secondary N) is 2. The van der Waals surface area contributed by atoms with Crippen LogP contribution in [0.2, 0.25) is 5.02 Å². The van der Waals surface area contributed by atoms with Gasteiger partial charge in [-0.1, -0.05) is 11.6 Å².